The largest absolute Gasteiger partial charge is 0.413 e. The summed E-state index contributed by atoms with van der Waals surface area (Å²) in [6, 6.07) is 12.7. The number of benzene rings is 2. The Morgan fingerprint density at radius 3 is 1.00 bits per heavy atom. The fourth-order valence-electron chi connectivity index (χ4n) is 5.57. The molecule has 0 heterocycles. The number of rotatable bonds is 22. The third-order valence-corrected chi connectivity index (χ3v) is 8.14. The van der Waals surface area contributed by atoms with Crippen molar-refractivity contribution in [1.29, 1.82) is 0 Å². The van der Waals surface area contributed by atoms with E-state index in [1.54, 1.807) is 60.7 Å². The standard InChI is InChI=1S/C41H60N6O9/c1-25(2)19-32(44-38(51)34(21-27(5)6)46-40(53)55-30-15-11-9-12-16-30)36(49)42-23-29(48)24-43-37(50)33(20-26(3)4)45-39(52)35(22-28(7)8)47-41(54)56-31-17-13-10-14-18-31/h9-18,25-28,32-35H,19-24H2,1-8H3,(H,42,49)(H,43,50)(H,44,51)(H,45,52)(H,46,53)(H,47,54)/t32-,33+,34+,35-. The molecule has 56 heavy (non-hydrogen) atoms. The van der Waals surface area contributed by atoms with Crippen LogP contribution >= 0.6 is 0 Å². The molecule has 0 bridgehead atoms. The predicted molar refractivity (Wildman–Crippen MR) is 211 cm³/mol. The molecule has 308 valence electrons. The number of carbonyl (C=O) groups excluding carboxylic acids is 7. The Hall–Kier alpha value is -5.47. The first-order valence-corrected chi connectivity index (χ1v) is 19.2. The van der Waals surface area contributed by atoms with Crippen LogP contribution in [0, 0.1) is 23.7 Å². The van der Waals surface area contributed by atoms with Gasteiger partial charge in [0.1, 0.15) is 35.7 Å². The number of ether oxygens (including phenoxy) is 2. The van der Waals surface area contributed by atoms with Crippen LogP contribution in [0.25, 0.3) is 0 Å². The summed E-state index contributed by atoms with van der Waals surface area (Å²) < 4.78 is 10.6. The summed E-state index contributed by atoms with van der Waals surface area (Å²) >= 11 is 0. The van der Waals surface area contributed by atoms with Crippen LogP contribution in [0.4, 0.5) is 9.59 Å². The van der Waals surface area contributed by atoms with E-state index in [4.69, 9.17) is 9.47 Å². The fourth-order valence-corrected chi connectivity index (χ4v) is 5.57. The van der Waals surface area contributed by atoms with Gasteiger partial charge in [-0.1, -0.05) is 91.8 Å². The topological polar surface area (TPSA) is 210 Å². The molecule has 4 atom stereocenters. The summed E-state index contributed by atoms with van der Waals surface area (Å²) in [4.78, 5) is 91.4. The minimum atomic E-state index is -1.02. The Kier molecular flexibility index (Phi) is 20.1. The van der Waals surface area contributed by atoms with Gasteiger partial charge in [0, 0.05) is 0 Å². The average Bonchev–Trinajstić information content (AvgIpc) is 3.11. The molecule has 0 unspecified atom stereocenters. The van der Waals surface area contributed by atoms with Gasteiger partial charge in [0.05, 0.1) is 13.1 Å². The van der Waals surface area contributed by atoms with Crippen LogP contribution < -0.4 is 41.4 Å². The molecule has 0 saturated carbocycles. The van der Waals surface area contributed by atoms with Crippen molar-refractivity contribution in [2.24, 2.45) is 23.7 Å². The van der Waals surface area contributed by atoms with Gasteiger partial charge in [-0.25, -0.2) is 9.59 Å². The van der Waals surface area contributed by atoms with Gasteiger partial charge in [-0.05, 0) is 73.6 Å². The lowest BCUT2D eigenvalue weighted by molar-refractivity contribution is -0.132. The zero-order valence-electron chi connectivity index (χ0n) is 33.8. The van der Waals surface area contributed by atoms with E-state index in [0.29, 0.717) is 11.5 Å². The van der Waals surface area contributed by atoms with E-state index in [0.717, 1.165) is 0 Å². The second kappa shape index (κ2) is 24.1. The molecule has 6 amide bonds. The van der Waals surface area contributed by atoms with Crippen LogP contribution in [0.15, 0.2) is 60.7 Å². The monoisotopic (exact) mass is 780 g/mol. The number of para-hydroxylation sites is 2. The summed E-state index contributed by atoms with van der Waals surface area (Å²) in [5.41, 5.74) is 0. The number of amides is 6. The van der Waals surface area contributed by atoms with Gasteiger partial charge in [-0.2, -0.15) is 0 Å². The highest BCUT2D eigenvalue weighted by molar-refractivity contribution is 5.96. The number of ketones is 1. The molecule has 0 aliphatic carbocycles. The molecular formula is C41H60N6O9. The van der Waals surface area contributed by atoms with E-state index in [9.17, 15) is 33.6 Å². The molecule has 2 aromatic carbocycles. The van der Waals surface area contributed by atoms with Crippen molar-refractivity contribution in [3.63, 3.8) is 0 Å². The smallest absolute Gasteiger partial charge is 0.410 e. The van der Waals surface area contributed by atoms with Crippen molar-refractivity contribution < 1.29 is 43.0 Å². The summed E-state index contributed by atoms with van der Waals surface area (Å²) in [5.74, 6) is -2.30. The number of carbonyl (C=O) groups is 7. The lowest BCUT2D eigenvalue weighted by atomic mass is 10.00. The Balaban J connectivity index is 2.00. The molecule has 0 saturated heterocycles. The molecular weight excluding hydrogens is 720 g/mol. The van der Waals surface area contributed by atoms with Crippen molar-refractivity contribution in [2.45, 2.75) is 105 Å². The van der Waals surface area contributed by atoms with E-state index < -0.39 is 78.9 Å². The second-order valence-corrected chi connectivity index (χ2v) is 15.4. The summed E-state index contributed by atoms with van der Waals surface area (Å²) in [6.07, 6.45) is -0.590. The number of hydrogen-bond acceptors (Lipinski definition) is 9. The Morgan fingerprint density at radius 2 is 0.714 bits per heavy atom. The highest BCUT2D eigenvalue weighted by Gasteiger charge is 2.30. The maximum absolute atomic E-state index is 13.4. The van der Waals surface area contributed by atoms with Crippen molar-refractivity contribution in [2.75, 3.05) is 13.1 Å². The fraction of sp³-hybridized carbons (Fsp3) is 0.537. The quantitative estimate of drug-likeness (QED) is 0.101. The van der Waals surface area contributed by atoms with Gasteiger partial charge in [0.2, 0.25) is 23.6 Å². The Bertz CT molecular complexity index is 1470. The summed E-state index contributed by atoms with van der Waals surface area (Å²) in [7, 11) is 0. The summed E-state index contributed by atoms with van der Waals surface area (Å²) in [6.45, 7) is 14.2. The zero-order chi connectivity index (χ0) is 41.8. The van der Waals surface area contributed by atoms with Gasteiger partial charge in [-0.15, -0.1) is 0 Å². The van der Waals surface area contributed by atoms with E-state index in [2.05, 4.69) is 31.9 Å². The molecule has 2 rings (SSSR count). The van der Waals surface area contributed by atoms with Crippen LogP contribution in [0.5, 0.6) is 11.5 Å². The van der Waals surface area contributed by atoms with Crippen LogP contribution in [0.1, 0.15) is 81.1 Å². The highest BCUT2D eigenvalue weighted by Crippen LogP contribution is 2.13. The zero-order valence-corrected chi connectivity index (χ0v) is 33.8. The summed E-state index contributed by atoms with van der Waals surface area (Å²) in [5, 5.41) is 15.7. The number of hydrogen-bond donors (Lipinski definition) is 6. The molecule has 0 radical (unpaired) electrons. The molecule has 0 fully saturated rings. The third-order valence-electron chi connectivity index (χ3n) is 8.14. The first-order chi connectivity index (χ1) is 26.4. The molecule has 0 aliphatic rings. The number of Topliss-reactive ketones (excluding diaryl/α,β-unsaturated/α-hetero) is 1. The SMILES string of the molecule is CC(C)C[C@H](NC(=O)Oc1ccccc1)C(=O)N[C@H](CC(C)C)C(=O)NCC(=O)CNC(=O)[C@H](CC(C)C)NC(=O)[C@@H](CC(C)C)NC(=O)Oc1ccccc1. The van der Waals surface area contributed by atoms with Crippen LogP contribution in [0.2, 0.25) is 0 Å². The van der Waals surface area contributed by atoms with Gasteiger partial charge in [0.25, 0.3) is 0 Å². The molecule has 15 nitrogen and oxygen atoms in total. The van der Waals surface area contributed by atoms with E-state index in [1.807, 2.05) is 55.4 Å². The Morgan fingerprint density at radius 1 is 0.429 bits per heavy atom. The maximum Gasteiger partial charge on any atom is 0.413 e. The lowest BCUT2D eigenvalue weighted by Gasteiger charge is -2.25. The number of nitrogens with one attached hydrogen (secondary N) is 6. The maximum atomic E-state index is 13.4. The van der Waals surface area contributed by atoms with Gasteiger partial charge in [0.15, 0.2) is 5.78 Å². The molecule has 6 N–H and O–H groups in total. The van der Waals surface area contributed by atoms with Crippen LogP contribution in [0.3, 0.4) is 0 Å². The molecule has 2 aromatic rings. The molecule has 0 aromatic heterocycles. The molecule has 0 spiro atoms. The molecule has 0 aliphatic heterocycles. The first kappa shape index (κ1) is 46.7. The van der Waals surface area contributed by atoms with Crippen LogP contribution in [-0.2, 0) is 24.0 Å². The van der Waals surface area contributed by atoms with Crippen LogP contribution in [-0.4, -0.2) is 78.9 Å². The van der Waals surface area contributed by atoms with E-state index in [-0.39, 0.29) is 49.4 Å². The minimum Gasteiger partial charge on any atom is -0.410 e. The van der Waals surface area contributed by atoms with Gasteiger partial charge in [-0.3, -0.25) is 24.0 Å². The average molecular weight is 781 g/mol. The normalized spacial score (nSPS) is 13.2. The second-order valence-electron chi connectivity index (χ2n) is 15.4. The lowest BCUT2D eigenvalue weighted by Crippen LogP contribution is -2.56. The predicted octanol–water partition coefficient (Wildman–Crippen LogP) is 4.26. The first-order valence-electron chi connectivity index (χ1n) is 19.2. The third kappa shape index (κ3) is 18.7. The van der Waals surface area contributed by atoms with Crippen molar-refractivity contribution >= 4 is 41.6 Å². The minimum absolute atomic E-state index is 0.0152. The Labute approximate surface area is 330 Å². The van der Waals surface area contributed by atoms with E-state index in [1.165, 1.54) is 0 Å². The van der Waals surface area contributed by atoms with Gasteiger partial charge >= 0.3 is 12.2 Å². The van der Waals surface area contributed by atoms with Crippen molar-refractivity contribution in [1.82, 2.24) is 31.9 Å². The van der Waals surface area contributed by atoms with Crippen molar-refractivity contribution in [3.8, 4) is 11.5 Å². The van der Waals surface area contributed by atoms with Crippen molar-refractivity contribution in [3.05, 3.63) is 60.7 Å². The highest BCUT2D eigenvalue weighted by atomic mass is 16.6. The van der Waals surface area contributed by atoms with Gasteiger partial charge < -0.3 is 41.4 Å². The van der Waals surface area contributed by atoms with E-state index >= 15 is 0 Å². The molecule has 15 heteroatoms.